The van der Waals surface area contributed by atoms with Crippen molar-refractivity contribution in [1.82, 2.24) is 13.7 Å². The fourth-order valence-corrected chi connectivity index (χ4v) is 8.74. The lowest BCUT2D eigenvalue weighted by atomic mass is 9.99. The van der Waals surface area contributed by atoms with E-state index in [0.29, 0.717) is 11.3 Å². The first-order chi connectivity index (χ1) is 27.2. The van der Waals surface area contributed by atoms with Crippen LogP contribution in [-0.2, 0) is 0 Å². The Morgan fingerprint density at radius 3 is 1.60 bits per heavy atom. The highest BCUT2D eigenvalue weighted by molar-refractivity contribution is 6.15. The quantitative estimate of drug-likeness (QED) is 0.169. The Morgan fingerprint density at radius 1 is 0.436 bits per heavy atom. The highest BCUT2D eigenvalue weighted by Crippen LogP contribution is 2.41. The van der Waals surface area contributed by atoms with Gasteiger partial charge in [-0.2, -0.15) is 5.26 Å². The van der Waals surface area contributed by atoms with Crippen LogP contribution in [0.4, 0.5) is 5.69 Å². The first kappa shape index (κ1) is 30.7. The van der Waals surface area contributed by atoms with Gasteiger partial charge in [0.2, 0.25) is 0 Å². The Morgan fingerprint density at radius 2 is 0.964 bits per heavy atom. The van der Waals surface area contributed by atoms with E-state index in [1.807, 2.05) is 24.3 Å². The smallest absolute Gasteiger partial charge is 0.188 e. The fraction of sp³-hybridized carbons (Fsp3) is 0. The zero-order valence-corrected chi connectivity index (χ0v) is 29.5. The number of nitrogens with zero attached hydrogens (tertiary/aromatic N) is 5. The average Bonchev–Trinajstić information content (AvgIpc) is 3.89. The van der Waals surface area contributed by atoms with Crippen molar-refractivity contribution in [3.63, 3.8) is 0 Å². The predicted molar refractivity (Wildman–Crippen MR) is 226 cm³/mol. The summed E-state index contributed by atoms with van der Waals surface area (Å²) >= 11 is 0. The van der Waals surface area contributed by atoms with Crippen molar-refractivity contribution in [2.75, 3.05) is 0 Å². The van der Waals surface area contributed by atoms with Crippen molar-refractivity contribution in [3.05, 3.63) is 193 Å². The zero-order chi connectivity index (χ0) is 36.6. The number of hydrogen-bond acceptors (Lipinski definition) is 1. The lowest BCUT2D eigenvalue weighted by Crippen LogP contribution is -2.00. The molecule has 11 aromatic rings. The normalized spacial score (nSPS) is 11.6. The number of hydrogen-bond donors (Lipinski definition) is 0. The minimum absolute atomic E-state index is 0.628. The van der Waals surface area contributed by atoms with Gasteiger partial charge < -0.3 is 13.7 Å². The molecule has 0 unspecified atom stereocenters. The molecule has 0 amide bonds. The van der Waals surface area contributed by atoms with Gasteiger partial charge in [-0.15, -0.1) is 0 Å². The van der Waals surface area contributed by atoms with Gasteiger partial charge in [-0.25, -0.2) is 4.85 Å². The summed E-state index contributed by atoms with van der Waals surface area (Å²) in [6.45, 7) is 7.68. The van der Waals surface area contributed by atoms with Gasteiger partial charge in [0.15, 0.2) is 5.69 Å². The third-order valence-corrected chi connectivity index (χ3v) is 11.1. The molecule has 8 aromatic carbocycles. The van der Waals surface area contributed by atoms with E-state index >= 15 is 0 Å². The molecule has 0 fully saturated rings. The highest BCUT2D eigenvalue weighted by atomic mass is 15.1. The molecule has 3 aromatic heterocycles. The minimum Gasteiger partial charge on any atom is -0.309 e. The van der Waals surface area contributed by atoms with Crippen LogP contribution in [0.1, 0.15) is 5.56 Å². The number of fused-ring (bicyclic) bond motifs is 9. The molecule has 0 aliphatic rings. The van der Waals surface area contributed by atoms with Gasteiger partial charge in [-0.05, 0) is 83.7 Å². The van der Waals surface area contributed by atoms with E-state index in [4.69, 9.17) is 6.57 Å². The molecule has 0 aliphatic carbocycles. The Kier molecular flexibility index (Phi) is 6.61. The van der Waals surface area contributed by atoms with Crippen LogP contribution >= 0.6 is 0 Å². The maximum atomic E-state index is 10.3. The summed E-state index contributed by atoms with van der Waals surface area (Å²) < 4.78 is 6.99. The Labute approximate surface area is 316 Å². The molecule has 0 N–H and O–H groups in total. The summed E-state index contributed by atoms with van der Waals surface area (Å²) in [7, 11) is 0. The summed E-state index contributed by atoms with van der Waals surface area (Å²) in [5.41, 5.74) is 12.8. The first-order valence-corrected chi connectivity index (χ1v) is 18.3. The molecular weight excluding hydrogens is 671 g/mol. The molecule has 0 saturated heterocycles. The van der Waals surface area contributed by atoms with E-state index in [2.05, 4.69) is 176 Å². The molecule has 254 valence electrons. The molecule has 0 saturated carbocycles. The second-order valence-corrected chi connectivity index (χ2v) is 13.9. The van der Waals surface area contributed by atoms with Crippen LogP contribution in [0.2, 0.25) is 0 Å². The van der Waals surface area contributed by atoms with Crippen LogP contribution in [0, 0.1) is 17.9 Å². The van der Waals surface area contributed by atoms with Gasteiger partial charge in [0.25, 0.3) is 0 Å². The zero-order valence-electron chi connectivity index (χ0n) is 29.5. The molecule has 0 radical (unpaired) electrons. The number of benzene rings is 8. The summed E-state index contributed by atoms with van der Waals surface area (Å²) in [4.78, 5) is 3.74. The predicted octanol–water partition coefficient (Wildman–Crippen LogP) is 13.1. The molecule has 0 atom stereocenters. The van der Waals surface area contributed by atoms with Crippen molar-refractivity contribution in [2.24, 2.45) is 0 Å². The molecule has 0 aliphatic heterocycles. The van der Waals surface area contributed by atoms with Crippen LogP contribution in [-0.4, -0.2) is 13.7 Å². The highest BCUT2D eigenvalue weighted by Gasteiger charge is 2.21. The van der Waals surface area contributed by atoms with Gasteiger partial charge >= 0.3 is 0 Å². The first-order valence-electron chi connectivity index (χ1n) is 18.3. The summed E-state index contributed by atoms with van der Waals surface area (Å²) in [5, 5.41) is 17.2. The van der Waals surface area contributed by atoms with Crippen molar-refractivity contribution in [2.45, 2.75) is 0 Å². The molecular formula is C50H29N5. The third-order valence-electron chi connectivity index (χ3n) is 11.1. The van der Waals surface area contributed by atoms with Crippen molar-refractivity contribution >= 4 is 71.1 Å². The van der Waals surface area contributed by atoms with Crippen LogP contribution in [0.5, 0.6) is 0 Å². The second-order valence-electron chi connectivity index (χ2n) is 13.9. The standard InChI is InChI=1S/C50H29N5/c1-52-34-24-28-48-43(29-34)40-14-5-9-19-47(40)55(48)49-20-10-15-41-39-13-4-8-18-46(39)54(50(41)49)35-25-21-32(22-26-35)42-30-36(27-23-33(42)31-51)53-44-16-6-2-11-37(44)38-12-3-7-17-45(38)53/h2-30H. The second kappa shape index (κ2) is 11.8. The monoisotopic (exact) mass is 699 g/mol. The maximum absolute atomic E-state index is 10.3. The molecule has 3 heterocycles. The lowest BCUT2D eigenvalue weighted by Gasteiger charge is -2.15. The van der Waals surface area contributed by atoms with E-state index in [1.165, 1.54) is 16.2 Å². The van der Waals surface area contributed by atoms with Crippen molar-refractivity contribution in [1.29, 1.82) is 5.26 Å². The van der Waals surface area contributed by atoms with E-state index < -0.39 is 0 Å². The third kappa shape index (κ3) is 4.45. The maximum Gasteiger partial charge on any atom is 0.188 e. The van der Waals surface area contributed by atoms with Crippen molar-refractivity contribution in [3.8, 4) is 34.3 Å². The van der Waals surface area contributed by atoms with Crippen LogP contribution in [0.15, 0.2) is 176 Å². The molecule has 55 heavy (non-hydrogen) atoms. The van der Waals surface area contributed by atoms with E-state index in [1.54, 1.807) is 0 Å². The molecule has 5 heteroatoms. The Hall–Kier alpha value is -7.86. The van der Waals surface area contributed by atoms with E-state index in [9.17, 15) is 5.26 Å². The Balaban J connectivity index is 1.12. The fourth-order valence-electron chi connectivity index (χ4n) is 8.74. The average molecular weight is 700 g/mol. The van der Waals surface area contributed by atoms with Gasteiger partial charge in [0, 0.05) is 43.9 Å². The minimum atomic E-state index is 0.628. The largest absolute Gasteiger partial charge is 0.309 e. The number of nitriles is 1. The van der Waals surface area contributed by atoms with Gasteiger partial charge in [-0.3, -0.25) is 0 Å². The summed E-state index contributed by atoms with van der Waals surface area (Å²) in [6.07, 6.45) is 0. The van der Waals surface area contributed by atoms with E-state index in [-0.39, 0.29) is 0 Å². The van der Waals surface area contributed by atoms with Crippen LogP contribution in [0.25, 0.3) is 98.5 Å². The number of aromatic nitrogens is 3. The van der Waals surface area contributed by atoms with Crippen LogP contribution in [0.3, 0.4) is 0 Å². The summed E-state index contributed by atoms with van der Waals surface area (Å²) in [5.74, 6) is 0. The number of para-hydroxylation sites is 5. The molecule has 11 rings (SSSR count). The van der Waals surface area contributed by atoms with Gasteiger partial charge in [-0.1, -0.05) is 103 Å². The molecule has 0 bridgehead atoms. The Bertz CT molecular complexity index is 3400. The van der Waals surface area contributed by atoms with Gasteiger partial charge in [0.05, 0.1) is 57.0 Å². The van der Waals surface area contributed by atoms with Crippen molar-refractivity contribution < 1.29 is 0 Å². The van der Waals surface area contributed by atoms with E-state index in [0.717, 1.165) is 77.4 Å². The van der Waals surface area contributed by atoms with Crippen LogP contribution < -0.4 is 0 Å². The van der Waals surface area contributed by atoms with Gasteiger partial charge in [0.1, 0.15) is 0 Å². The lowest BCUT2D eigenvalue weighted by molar-refractivity contribution is 1.13. The molecule has 0 spiro atoms. The number of rotatable bonds is 4. The SMILES string of the molecule is [C-]#[N+]c1ccc2c(c1)c1ccccc1n2-c1cccc2c3ccccc3n(-c3ccc(-c4cc(-n5c6ccccc6c6ccccc65)ccc4C#N)cc3)c12. The topological polar surface area (TPSA) is 42.9 Å². The molecule has 5 nitrogen and oxygen atoms in total. The summed E-state index contributed by atoms with van der Waals surface area (Å²) in [6, 6.07) is 63.7.